The van der Waals surface area contributed by atoms with Crippen molar-refractivity contribution in [2.75, 3.05) is 0 Å². The number of hydrogen-bond donors (Lipinski definition) is 2. The van der Waals surface area contributed by atoms with E-state index in [0.717, 1.165) is 11.1 Å². The van der Waals surface area contributed by atoms with Crippen molar-refractivity contribution in [2.45, 2.75) is 24.9 Å². The standard InChI is InChI=1S/C21H20Cl2N4O/c1-14(16-3-2-8-26-13-16)27-21(20(24)28,12-15-6-9-25-10-7-15)18-5-4-17(22)11-19(18)23/h2-11,13-14,27H,12H2,1H3,(H2,24,28). The van der Waals surface area contributed by atoms with Crippen molar-refractivity contribution in [3.8, 4) is 0 Å². The summed E-state index contributed by atoms with van der Waals surface area (Å²) in [6.07, 6.45) is 7.10. The van der Waals surface area contributed by atoms with Gasteiger partial charge in [-0.25, -0.2) is 0 Å². The summed E-state index contributed by atoms with van der Waals surface area (Å²) in [5, 5.41) is 4.26. The Morgan fingerprint density at radius 1 is 1.14 bits per heavy atom. The van der Waals surface area contributed by atoms with Crippen molar-refractivity contribution in [2.24, 2.45) is 5.73 Å². The van der Waals surface area contributed by atoms with E-state index in [1.807, 2.05) is 31.2 Å². The minimum atomic E-state index is -1.25. The number of nitrogens with one attached hydrogen (secondary N) is 1. The molecule has 3 rings (SSSR count). The molecule has 2 unspecified atom stereocenters. The average Bonchev–Trinajstić information content (AvgIpc) is 2.68. The first-order chi connectivity index (χ1) is 13.4. The zero-order valence-electron chi connectivity index (χ0n) is 15.3. The second kappa shape index (κ2) is 8.69. The highest BCUT2D eigenvalue weighted by Crippen LogP contribution is 2.35. The van der Waals surface area contributed by atoms with Gasteiger partial charge >= 0.3 is 0 Å². The first-order valence-electron chi connectivity index (χ1n) is 8.74. The minimum Gasteiger partial charge on any atom is -0.368 e. The predicted molar refractivity (Wildman–Crippen MR) is 111 cm³/mol. The van der Waals surface area contributed by atoms with Gasteiger partial charge in [-0.1, -0.05) is 35.3 Å². The van der Waals surface area contributed by atoms with Gasteiger partial charge in [0.1, 0.15) is 5.54 Å². The lowest BCUT2D eigenvalue weighted by molar-refractivity contribution is -0.125. The monoisotopic (exact) mass is 414 g/mol. The number of benzene rings is 1. The third kappa shape index (κ3) is 4.33. The van der Waals surface area contributed by atoms with E-state index in [-0.39, 0.29) is 6.04 Å². The smallest absolute Gasteiger partial charge is 0.242 e. The number of carbonyl (C=O) groups is 1. The Morgan fingerprint density at radius 2 is 1.89 bits per heavy atom. The van der Waals surface area contributed by atoms with Gasteiger partial charge in [-0.2, -0.15) is 0 Å². The van der Waals surface area contributed by atoms with Crippen LogP contribution < -0.4 is 11.1 Å². The Kier molecular flexibility index (Phi) is 6.29. The third-order valence-corrected chi connectivity index (χ3v) is 5.23. The van der Waals surface area contributed by atoms with Crippen LogP contribution in [0.5, 0.6) is 0 Å². The maximum absolute atomic E-state index is 12.9. The number of amides is 1. The number of pyridine rings is 2. The van der Waals surface area contributed by atoms with Crippen LogP contribution in [0.15, 0.2) is 67.3 Å². The van der Waals surface area contributed by atoms with Crippen LogP contribution in [-0.4, -0.2) is 15.9 Å². The first-order valence-corrected chi connectivity index (χ1v) is 9.50. The Balaban J connectivity index is 2.11. The molecule has 2 aromatic heterocycles. The molecule has 144 valence electrons. The number of aromatic nitrogens is 2. The normalized spacial score (nSPS) is 14.2. The van der Waals surface area contributed by atoms with Gasteiger partial charge in [-0.3, -0.25) is 20.1 Å². The van der Waals surface area contributed by atoms with Crippen LogP contribution in [0, 0.1) is 0 Å². The molecule has 3 aromatic rings. The summed E-state index contributed by atoms with van der Waals surface area (Å²) < 4.78 is 0. The summed E-state index contributed by atoms with van der Waals surface area (Å²) in [6.45, 7) is 1.95. The van der Waals surface area contributed by atoms with Crippen LogP contribution in [0.1, 0.15) is 29.7 Å². The van der Waals surface area contributed by atoms with Crippen LogP contribution in [-0.2, 0) is 16.8 Å². The number of primary amides is 1. The van der Waals surface area contributed by atoms with Crippen LogP contribution in [0.3, 0.4) is 0 Å². The molecular weight excluding hydrogens is 395 g/mol. The Hall–Kier alpha value is -2.47. The number of nitrogens with two attached hydrogens (primary N) is 1. The molecule has 5 nitrogen and oxygen atoms in total. The average molecular weight is 415 g/mol. The summed E-state index contributed by atoms with van der Waals surface area (Å²) in [4.78, 5) is 21.1. The molecule has 0 spiro atoms. The molecule has 0 saturated carbocycles. The molecule has 1 aromatic carbocycles. The van der Waals surface area contributed by atoms with E-state index in [2.05, 4.69) is 15.3 Å². The van der Waals surface area contributed by atoms with Crippen LogP contribution in [0.2, 0.25) is 10.0 Å². The Bertz CT molecular complexity index is 953. The van der Waals surface area contributed by atoms with Gasteiger partial charge in [-0.15, -0.1) is 0 Å². The van der Waals surface area contributed by atoms with E-state index in [4.69, 9.17) is 28.9 Å². The fourth-order valence-electron chi connectivity index (χ4n) is 3.24. The fraction of sp³-hybridized carbons (Fsp3) is 0.190. The van der Waals surface area contributed by atoms with Gasteiger partial charge in [0.15, 0.2) is 0 Å². The van der Waals surface area contributed by atoms with E-state index < -0.39 is 11.4 Å². The molecule has 2 heterocycles. The summed E-state index contributed by atoms with van der Waals surface area (Å²) in [5.41, 5.74) is 7.10. The largest absolute Gasteiger partial charge is 0.368 e. The molecule has 0 aliphatic rings. The van der Waals surface area contributed by atoms with Gasteiger partial charge in [0, 0.05) is 52.9 Å². The number of halogens is 2. The van der Waals surface area contributed by atoms with Crippen LogP contribution in [0.25, 0.3) is 0 Å². The van der Waals surface area contributed by atoms with Gasteiger partial charge in [0.2, 0.25) is 5.91 Å². The molecule has 0 bridgehead atoms. The second-order valence-electron chi connectivity index (χ2n) is 6.58. The third-order valence-electron chi connectivity index (χ3n) is 4.68. The van der Waals surface area contributed by atoms with Gasteiger partial charge in [0.25, 0.3) is 0 Å². The van der Waals surface area contributed by atoms with E-state index in [1.165, 1.54) is 0 Å². The first kappa shape index (κ1) is 20.3. The summed E-state index contributed by atoms with van der Waals surface area (Å²) in [7, 11) is 0. The molecule has 0 aliphatic carbocycles. The molecule has 0 saturated heterocycles. The summed E-state index contributed by atoms with van der Waals surface area (Å²) in [6, 6.07) is 12.3. The molecule has 1 amide bonds. The van der Waals surface area contributed by atoms with E-state index in [1.54, 1.807) is 43.0 Å². The zero-order valence-corrected chi connectivity index (χ0v) is 16.8. The molecule has 7 heteroatoms. The lowest BCUT2D eigenvalue weighted by Crippen LogP contribution is -2.55. The highest BCUT2D eigenvalue weighted by atomic mass is 35.5. The maximum Gasteiger partial charge on any atom is 0.242 e. The summed E-state index contributed by atoms with van der Waals surface area (Å²) in [5.74, 6) is -0.538. The topological polar surface area (TPSA) is 80.9 Å². The number of carbonyl (C=O) groups excluding carboxylic acids is 1. The quantitative estimate of drug-likeness (QED) is 0.610. The predicted octanol–water partition coefficient (Wildman–Crippen LogP) is 4.06. The molecular formula is C21H20Cl2N4O. The highest BCUT2D eigenvalue weighted by molar-refractivity contribution is 6.35. The van der Waals surface area contributed by atoms with Crippen molar-refractivity contribution < 1.29 is 4.79 Å². The number of hydrogen-bond acceptors (Lipinski definition) is 4. The summed E-state index contributed by atoms with van der Waals surface area (Å²) >= 11 is 12.6. The lowest BCUT2D eigenvalue weighted by Gasteiger charge is -2.36. The SMILES string of the molecule is CC(NC(Cc1ccncc1)(C(N)=O)c1ccc(Cl)cc1Cl)c1cccnc1. The second-order valence-corrected chi connectivity index (χ2v) is 7.42. The lowest BCUT2D eigenvalue weighted by atomic mass is 9.82. The molecule has 0 aliphatic heterocycles. The zero-order chi connectivity index (χ0) is 20.1. The molecule has 3 N–H and O–H groups in total. The van der Waals surface area contributed by atoms with Crippen molar-refractivity contribution >= 4 is 29.1 Å². The van der Waals surface area contributed by atoms with Crippen LogP contribution in [0.4, 0.5) is 0 Å². The van der Waals surface area contributed by atoms with E-state index in [9.17, 15) is 4.79 Å². The van der Waals surface area contributed by atoms with Crippen molar-refractivity contribution in [1.82, 2.24) is 15.3 Å². The highest BCUT2D eigenvalue weighted by Gasteiger charge is 2.41. The van der Waals surface area contributed by atoms with E-state index >= 15 is 0 Å². The van der Waals surface area contributed by atoms with Crippen molar-refractivity contribution in [3.63, 3.8) is 0 Å². The molecule has 0 radical (unpaired) electrons. The van der Waals surface area contributed by atoms with E-state index in [0.29, 0.717) is 22.0 Å². The number of rotatable bonds is 7. The molecule has 2 atom stereocenters. The molecule has 0 fully saturated rings. The van der Waals surface area contributed by atoms with Crippen LogP contribution >= 0.6 is 23.2 Å². The fourth-order valence-corrected chi connectivity index (χ4v) is 3.81. The molecule has 28 heavy (non-hydrogen) atoms. The number of nitrogens with zero attached hydrogens (tertiary/aromatic N) is 2. The maximum atomic E-state index is 12.9. The minimum absolute atomic E-state index is 0.213. The van der Waals surface area contributed by atoms with Gasteiger partial charge in [0.05, 0.1) is 0 Å². The Morgan fingerprint density at radius 3 is 2.50 bits per heavy atom. The Labute approximate surface area is 173 Å². The van der Waals surface area contributed by atoms with Crippen molar-refractivity contribution in [3.05, 3.63) is 94.0 Å². The van der Waals surface area contributed by atoms with Gasteiger partial charge in [-0.05, 0) is 48.4 Å². The van der Waals surface area contributed by atoms with Crippen molar-refractivity contribution in [1.29, 1.82) is 0 Å². The van der Waals surface area contributed by atoms with Gasteiger partial charge < -0.3 is 5.73 Å².